The molecule has 2 heterocycles. The number of hydrogen-bond acceptors (Lipinski definition) is 7. The van der Waals surface area contributed by atoms with Crippen LogP contribution in [0.2, 0.25) is 0 Å². The second kappa shape index (κ2) is 12.7. The molecular weight excluding hydrogens is 542 g/mol. The second-order valence-corrected chi connectivity index (χ2v) is 9.77. The number of nitrogens with two attached hydrogens (primary N) is 1. The van der Waals surface area contributed by atoms with Gasteiger partial charge in [-0.3, -0.25) is 14.6 Å². The van der Waals surface area contributed by atoms with Crippen LogP contribution >= 0.6 is 0 Å². The molecule has 0 aliphatic carbocycles. The van der Waals surface area contributed by atoms with E-state index in [0.29, 0.717) is 31.5 Å². The Hall–Kier alpha value is -4.90. The summed E-state index contributed by atoms with van der Waals surface area (Å²) in [7, 11) is 0. The summed E-state index contributed by atoms with van der Waals surface area (Å²) in [5.74, 6) is -1.69. The average molecular weight is 573 g/mol. The predicted octanol–water partition coefficient (Wildman–Crippen LogP) is 3.82. The molecule has 2 atom stereocenters. The molecule has 216 valence electrons. The summed E-state index contributed by atoms with van der Waals surface area (Å²) in [5.41, 5.74) is 7.08. The van der Waals surface area contributed by atoms with Gasteiger partial charge in [0.15, 0.2) is 12.5 Å². The predicted molar refractivity (Wildman–Crippen MR) is 155 cm³/mol. The van der Waals surface area contributed by atoms with E-state index in [0.717, 1.165) is 6.54 Å². The molecule has 1 unspecified atom stereocenters. The maximum absolute atomic E-state index is 14.9. The summed E-state index contributed by atoms with van der Waals surface area (Å²) in [4.78, 5) is 30.5. The first-order chi connectivity index (χ1) is 20.4. The van der Waals surface area contributed by atoms with Gasteiger partial charge in [0.05, 0.1) is 24.6 Å². The molecule has 5 rings (SSSR count). The van der Waals surface area contributed by atoms with Gasteiger partial charge in [-0.05, 0) is 24.7 Å². The van der Waals surface area contributed by atoms with Crippen LogP contribution in [-0.2, 0) is 11.3 Å². The van der Waals surface area contributed by atoms with Crippen molar-refractivity contribution in [1.29, 1.82) is 0 Å². The fraction of sp³-hybridized carbons (Fsp3) is 0.226. The summed E-state index contributed by atoms with van der Waals surface area (Å²) in [6.45, 7) is 4.24. The number of nitrogen functional groups attached to an aromatic ring is 1. The Kier molecular flexibility index (Phi) is 8.68. The minimum Gasteiger partial charge on any atom is -0.477 e. The van der Waals surface area contributed by atoms with Crippen LogP contribution in [-0.4, -0.2) is 53.5 Å². The molecule has 42 heavy (non-hydrogen) atoms. The maximum atomic E-state index is 14.9. The molecule has 9 nitrogen and oxygen atoms in total. The first kappa shape index (κ1) is 28.6. The number of nitrogens with one attached hydrogen (secondary N) is 2. The Morgan fingerprint density at radius 3 is 2.60 bits per heavy atom. The SMILES string of the molecule is CCNCC1COc2c(C(=O)N[C@H](C=O)/N=C(/c3ccccc3)c3cccc(F)c3N)c(-c3ccccc3F)nn2C1. The highest BCUT2D eigenvalue weighted by atomic mass is 19.1. The van der Waals surface area contributed by atoms with Gasteiger partial charge < -0.3 is 21.1 Å². The van der Waals surface area contributed by atoms with Crippen molar-refractivity contribution in [2.75, 3.05) is 25.4 Å². The zero-order valence-electron chi connectivity index (χ0n) is 22.9. The first-order valence-electron chi connectivity index (χ1n) is 13.5. The number of hydrogen-bond donors (Lipinski definition) is 3. The molecule has 1 amide bonds. The third-order valence-corrected chi connectivity index (χ3v) is 6.86. The van der Waals surface area contributed by atoms with Crippen molar-refractivity contribution in [2.45, 2.75) is 19.6 Å². The van der Waals surface area contributed by atoms with Gasteiger partial charge in [-0.25, -0.2) is 13.5 Å². The third-order valence-electron chi connectivity index (χ3n) is 6.86. The average Bonchev–Trinajstić information content (AvgIpc) is 3.39. The first-order valence-corrected chi connectivity index (χ1v) is 13.5. The van der Waals surface area contributed by atoms with E-state index in [1.807, 2.05) is 6.92 Å². The van der Waals surface area contributed by atoms with Crippen LogP contribution in [0.25, 0.3) is 11.3 Å². The minimum atomic E-state index is -1.40. The van der Waals surface area contributed by atoms with Crippen molar-refractivity contribution >= 4 is 23.6 Å². The number of aldehydes is 1. The van der Waals surface area contributed by atoms with Crippen LogP contribution in [0.5, 0.6) is 5.88 Å². The Balaban J connectivity index is 1.54. The molecule has 1 aromatic heterocycles. The monoisotopic (exact) mass is 572 g/mol. The van der Waals surface area contributed by atoms with Gasteiger partial charge in [0.25, 0.3) is 5.91 Å². The van der Waals surface area contributed by atoms with E-state index >= 15 is 0 Å². The molecule has 0 saturated carbocycles. The van der Waals surface area contributed by atoms with Gasteiger partial charge in [0.1, 0.15) is 22.9 Å². The van der Waals surface area contributed by atoms with Crippen LogP contribution < -0.4 is 21.1 Å². The molecule has 1 aliphatic rings. The van der Waals surface area contributed by atoms with Crippen LogP contribution in [0, 0.1) is 17.6 Å². The summed E-state index contributed by atoms with van der Waals surface area (Å²) in [6, 6.07) is 19.0. The zero-order chi connectivity index (χ0) is 29.6. The molecule has 0 saturated heterocycles. The lowest BCUT2D eigenvalue weighted by Crippen LogP contribution is -2.37. The number of amides is 1. The minimum absolute atomic E-state index is 0.0180. The van der Waals surface area contributed by atoms with E-state index in [1.54, 1.807) is 47.1 Å². The number of rotatable bonds is 10. The van der Waals surface area contributed by atoms with Crippen LogP contribution in [0.4, 0.5) is 14.5 Å². The number of para-hydroxylation sites is 1. The highest BCUT2D eigenvalue weighted by Crippen LogP contribution is 2.35. The van der Waals surface area contributed by atoms with Gasteiger partial charge in [-0.1, -0.05) is 61.5 Å². The quantitative estimate of drug-likeness (QED) is 0.151. The summed E-state index contributed by atoms with van der Waals surface area (Å²) < 4.78 is 36.8. The fourth-order valence-electron chi connectivity index (χ4n) is 4.81. The topological polar surface area (TPSA) is 124 Å². The largest absolute Gasteiger partial charge is 0.477 e. The van der Waals surface area contributed by atoms with Crippen molar-refractivity contribution in [1.82, 2.24) is 20.4 Å². The van der Waals surface area contributed by atoms with E-state index in [2.05, 4.69) is 20.7 Å². The normalized spacial score (nSPS) is 15.4. The van der Waals surface area contributed by atoms with E-state index in [4.69, 9.17) is 10.5 Å². The Labute approximate surface area is 241 Å². The number of fused-ring (bicyclic) bond motifs is 1. The van der Waals surface area contributed by atoms with E-state index in [-0.39, 0.29) is 45.6 Å². The lowest BCUT2D eigenvalue weighted by Gasteiger charge is -2.24. The van der Waals surface area contributed by atoms with E-state index in [1.165, 1.54) is 30.3 Å². The number of anilines is 1. The molecular formula is C31H30F2N6O3. The maximum Gasteiger partial charge on any atom is 0.261 e. The number of aromatic nitrogens is 2. The molecule has 0 bridgehead atoms. The number of halogens is 2. The Morgan fingerprint density at radius 2 is 1.86 bits per heavy atom. The van der Waals surface area contributed by atoms with Gasteiger partial charge in [0, 0.05) is 29.2 Å². The van der Waals surface area contributed by atoms with Crippen molar-refractivity contribution < 1.29 is 23.1 Å². The van der Waals surface area contributed by atoms with Crippen LogP contribution in [0.1, 0.15) is 28.4 Å². The molecule has 0 radical (unpaired) electrons. The standard InChI is InChI=1S/C31H30F2N6O3/c1-2-35-15-19-16-39-31(42-18-19)26(29(38-39)21-11-6-7-13-23(21)32)30(41)37-25(17-40)36-28(20-9-4-3-5-10-20)22-12-8-14-24(33)27(22)34/h3-14,17,19,25,35H,2,15-16,18,34H2,1H3,(H,37,41)/b36-28-/t19?,25-/m1/s1. The van der Waals surface area contributed by atoms with E-state index < -0.39 is 23.7 Å². The lowest BCUT2D eigenvalue weighted by molar-refractivity contribution is -0.109. The van der Waals surface area contributed by atoms with Gasteiger partial charge in [-0.2, -0.15) is 5.10 Å². The fourth-order valence-corrected chi connectivity index (χ4v) is 4.81. The van der Waals surface area contributed by atoms with Gasteiger partial charge in [0.2, 0.25) is 5.88 Å². The molecule has 0 spiro atoms. The molecule has 11 heteroatoms. The van der Waals surface area contributed by atoms with Gasteiger partial charge in [-0.15, -0.1) is 0 Å². The highest BCUT2D eigenvalue weighted by Gasteiger charge is 2.33. The van der Waals surface area contributed by atoms with Crippen LogP contribution in [0.15, 0.2) is 77.8 Å². The molecule has 0 fully saturated rings. The number of aliphatic imine (C=N–C) groups is 1. The van der Waals surface area contributed by atoms with Crippen LogP contribution in [0.3, 0.4) is 0 Å². The van der Waals surface area contributed by atoms with Crippen molar-refractivity contribution in [3.8, 4) is 17.1 Å². The number of carbonyl (C=O) groups is 2. The summed E-state index contributed by atoms with van der Waals surface area (Å²) in [6.07, 6.45) is -0.952. The number of ether oxygens (including phenoxy) is 1. The molecule has 4 N–H and O–H groups in total. The lowest BCUT2D eigenvalue weighted by atomic mass is 10.0. The van der Waals surface area contributed by atoms with Crippen molar-refractivity contribution in [3.63, 3.8) is 0 Å². The molecule has 1 aliphatic heterocycles. The zero-order valence-corrected chi connectivity index (χ0v) is 22.9. The summed E-state index contributed by atoms with van der Waals surface area (Å²) in [5, 5.41) is 10.4. The highest BCUT2D eigenvalue weighted by molar-refractivity contribution is 6.16. The number of carbonyl (C=O) groups excluding carboxylic acids is 2. The third kappa shape index (κ3) is 5.91. The van der Waals surface area contributed by atoms with E-state index in [9.17, 15) is 18.4 Å². The summed E-state index contributed by atoms with van der Waals surface area (Å²) >= 11 is 0. The Bertz CT molecular complexity index is 1620. The molecule has 4 aromatic rings. The van der Waals surface area contributed by atoms with Crippen molar-refractivity contribution in [3.05, 3.63) is 101 Å². The Morgan fingerprint density at radius 1 is 1.12 bits per heavy atom. The number of nitrogens with zero attached hydrogens (tertiary/aromatic N) is 3. The second-order valence-electron chi connectivity index (χ2n) is 9.77. The molecule has 3 aromatic carbocycles. The smallest absolute Gasteiger partial charge is 0.261 e. The number of benzene rings is 3. The van der Waals surface area contributed by atoms with Crippen molar-refractivity contribution in [2.24, 2.45) is 10.9 Å². The van der Waals surface area contributed by atoms with Gasteiger partial charge >= 0.3 is 0 Å².